The Morgan fingerprint density at radius 2 is 1.71 bits per heavy atom. The van der Waals surface area contributed by atoms with E-state index in [1.54, 1.807) is 11.0 Å². The van der Waals surface area contributed by atoms with Gasteiger partial charge in [0.05, 0.1) is 32.0 Å². The zero-order valence-electron chi connectivity index (χ0n) is 20.0. The van der Waals surface area contributed by atoms with Crippen LogP contribution in [0.3, 0.4) is 0 Å². The van der Waals surface area contributed by atoms with Crippen LogP contribution in [0.15, 0.2) is 60.3 Å². The zero-order valence-corrected chi connectivity index (χ0v) is 20.0. The van der Waals surface area contributed by atoms with Crippen LogP contribution in [0, 0.1) is 0 Å². The molecule has 1 atom stereocenters. The van der Waals surface area contributed by atoms with Crippen molar-refractivity contribution in [2.24, 2.45) is 0 Å². The molecule has 0 saturated carbocycles. The normalized spacial score (nSPS) is 22.3. The molecule has 0 aromatic heterocycles. The molecule has 1 fully saturated rings. The third kappa shape index (κ3) is 3.94. The molecule has 7 nitrogen and oxygen atoms in total. The molecule has 2 aromatic carbocycles. The summed E-state index contributed by atoms with van der Waals surface area (Å²) in [4.78, 5) is 32.3. The lowest BCUT2D eigenvalue weighted by Crippen LogP contribution is -2.53. The number of hydrogen-bond donors (Lipinski definition) is 0. The van der Waals surface area contributed by atoms with Gasteiger partial charge in [-0.3, -0.25) is 9.59 Å². The summed E-state index contributed by atoms with van der Waals surface area (Å²) in [6.45, 7) is 7.01. The van der Waals surface area contributed by atoms with E-state index in [1.165, 1.54) is 5.56 Å². The number of ketones is 1. The summed E-state index contributed by atoms with van der Waals surface area (Å²) < 4.78 is 11.5. The summed E-state index contributed by atoms with van der Waals surface area (Å²) in [5.74, 6) is 0.573. The molecule has 0 aliphatic carbocycles. The minimum Gasteiger partial charge on any atom is -0.477 e. The van der Waals surface area contributed by atoms with Gasteiger partial charge in [-0.2, -0.15) is 0 Å². The number of benzene rings is 2. The highest BCUT2D eigenvalue weighted by atomic mass is 16.5. The summed E-state index contributed by atoms with van der Waals surface area (Å²) in [6.07, 6.45) is 1.11. The molecule has 7 heteroatoms. The molecule has 3 aliphatic rings. The minimum atomic E-state index is -0.650. The number of anilines is 2. The molecule has 0 spiro atoms. The second kappa shape index (κ2) is 8.80. The van der Waals surface area contributed by atoms with Gasteiger partial charge in [-0.15, -0.1) is 0 Å². The molecule has 5 rings (SSSR count). The SMILES string of the molecule is CN1/C(=C\C(=O)CN2CC(C(=O)N3CCOCC3)Oc3ccccc32)C(C)(C)c2ccccc21. The Kier molecular flexibility index (Phi) is 5.81. The number of para-hydroxylation sites is 3. The molecule has 1 unspecified atom stereocenters. The lowest BCUT2D eigenvalue weighted by molar-refractivity contribution is -0.142. The lowest BCUT2D eigenvalue weighted by atomic mass is 9.83. The van der Waals surface area contributed by atoms with Gasteiger partial charge in [0, 0.05) is 43.0 Å². The molecule has 3 heterocycles. The van der Waals surface area contributed by atoms with Crippen LogP contribution in [0.1, 0.15) is 19.4 Å². The van der Waals surface area contributed by atoms with Crippen LogP contribution in [0.2, 0.25) is 0 Å². The number of hydrogen-bond acceptors (Lipinski definition) is 6. The van der Waals surface area contributed by atoms with Crippen molar-refractivity contribution < 1.29 is 19.1 Å². The van der Waals surface area contributed by atoms with E-state index in [-0.39, 0.29) is 23.7 Å². The van der Waals surface area contributed by atoms with Crippen molar-refractivity contribution in [3.05, 3.63) is 65.9 Å². The quantitative estimate of drug-likeness (QED) is 0.653. The van der Waals surface area contributed by atoms with Crippen molar-refractivity contribution in [2.75, 3.05) is 56.2 Å². The molecular weight excluding hydrogens is 430 g/mol. The second-order valence-corrected chi connectivity index (χ2v) is 9.59. The summed E-state index contributed by atoms with van der Waals surface area (Å²) in [5.41, 5.74) is 3.88. The van der Waals surface area contributed by atoms with E-state index >= 15 is 0 Å². The fraction of sp³-hybridized carbons (Fsp3) is 0.407. The van der Waals surface area contributed by atoms with Crippen LogP contribution >= 0.6 is 0 Å². The van der Waals surface area contributed by atoms with Crippen molar-refractivity contribution >= 4 is 23.1 Å². The Morgan fingerprint density at radius 1 is 1.03 bits per heavy atom. The highest BCUT2D eigenvalue weighted by Gasteiger charge is 2.39. The predicted molar refractivity (Wildman–Crippen MR) is 131 cm³/mol. The maximum absolute atomic E-state index is 13.3. The standard InChI is InChI=1S/C27H31N3O4/c1-27(2)20-8-4-5-9-21(20)28(3)25(27)16-19(31)17-30-18-24(26(32)29-12-14-33-15-13-29)34-23-11-7-6-10-22(23)30/h4-11,16,24H,12-15,17-18H2,1-3H3/b25-16-. The van der Waals surface area contributed by atoms with Gasteiger partial charge in [-0.1, -0.05) is 44.2 Å². The van der Waals surface area contributed by atoms with Gasteiger partial charge in [-0.05, 0) is 23.8 Å². The first kappa shape index (κ1) is 22.5. The number of amides is 1. The van der Waals surface area contributed by atoms with Crippen molar-refractivity contribution in [1.82, 2.24) is 4.90 Å². The number of ether oxygens (including phenoxy) is 2. The van der Waals surface area contributed by atoms with Crippen molar-refractivity contribution in [3.63, 3.8) is 0 Å². The number of carbonyl (C=O) groups excluding carboxylic acids is 2. The van der Waals surface area contributed by atoms with E-state index in [4.69, 9.17) is 9.47 Å². The molecule has 34 heavy (non-hydrogen) atoms. The largest absolute Gasteiger partial charge is 0.477 e. The predicted octanol–water partition coefficient (Wildman–Crippen LogP) is 2.99. The first-order valence-corrected chi connectivity index (χ1v) is 11.8. The molecular formula is C27H31N3O4. The molecule has 0 bridgehead atoms. The van der Waals surface area contributed by atoms with Crippen LogP contribution < -0.4 is 14.5 Å². The van der Waals surface area contributed by atoms with Gasteiger partial charge >= 0.3 is 0 Å². The maximum Gasteiger partial charge on any atom is 0.265 e. The molecule has 1 saturated heterocycles. The maximum atomic E-state index is 13.3. The van der Waals surface area contributed by atoms with Crippen LogP contribution in [-0.2, 0) is 19.7 Å². The summed E-state index contributed by atoms with van der Waals surface area (Å²) in [5, 5.41) is 0. The second-order valence-electron chi connectivity index (χ2n) is 9.59. The Morgan fingerprint density at radius 3 is 2.44 bits per heavy atom. The van der Waals surface area contributed by atoms with Gasteiger partial charge in [-0.25, -0.2) is 0 Å². The van der Waals surface area contributed by atoms with E-state index in [1.807, 2.05) is 48.3 Å². The Hall–Kier alpha value is -3.32. The Bertz CT molecular complexity index is 1140. The smallest absolute Gasteiger partial charge is 0.265 e. The average molecular weight is 462 g/mol. The van der Waals surface area contributed by atoms with E-state index in [9.17, 15) is 9.59 Å². The highest BCUT2D eigenvalue weighted by Crippen LogP contribution is 2.46. The van der Waals surface area contributed by atoms with Crippen molar-refractivity contribution in [2.45, 2.75) is 25.4 Å². The summed E-state index contributed by atoms with van der Waals surface area (Å²) >= 11 is 0. The number of rotatable bonds is 4. The third-order valence-corrected chi connectivity index (χ3v) is 7.04. The van der Waals surface area contributed by atoms with E-state index in [2.05, 4.69) is 30.9 Å². The zero-order chi connectivity index (χ0) is 23.9. The number of carbonyl (C=O) groups is 2. The number of nitrogens with zero attached hydrogens (tertiary/aromatic N) is 3. The van der Waals surface area contributed by atoms with E-state index in [0.717, 1.165) is 17.1 Å². The number of allylic oxidation sites excluding steroid dienone is 1. The van der Waals surface area contributed by atoms with Gasteiger partial charge in [0.15, 0.2) is 11.9 Å². The average Bonchev–Trinajstić information content (AvgIpc) is 3.04. The molecule has 1 amide bonds. The van der Waals surface area contributed by atoms with Crippen molar-refractivity contribution in [3.8, 4) is 5.75 Å². The summed E-state index contributed by atoms with van der Waals surface area (Å²) in [6, 6.07) is 15.9. The molecule has 2 aromatic rings. The summed E-state index contributed by atoms with van der Waals surface area (Å²) in [7, 11) is 2.01. The van der Waals surface area contributed by atoms with Gasteiger partial charge in [0.1, 0.15) is 5.75 Å². The van der Waals surface area contributed by atoms with E-state index in [0.29, 0.717) is 38.6 Å². The van der Waals surface area contributed by atoms with Crippen LogP contribution in [-0.4, -0.2) is 69.1 Å². The third-order valence-electron chi connectivity index (χ3n) is 7.04. The molecule has 0 N–H and O–H groups in total. The Labute approximate surface area is 200 Å². The van der Waals surface area contributed by atoms with Crippen LogP contribution in [0.25, 0.3) is 0 Å². The molecule has 178 valence electrons. The molecule has 0 radical (unpaired) electrons. The van der Waals surface area contributed by atoms with Gasteiger partial charge in [0.2, 0.25) is 0 Å². The van der Waals surface area contributed by atoms with Crippen molar-refractivity contribution in [1.29, 1.82) is 0 Å². The minimum absolute atomic E-state index is 0.00277. The first-order chi connectivity index (χ1) is 16.4. The van der Waals surface area contributed by atoms with Crippen LogP contribution in [0.4, 0.5) is 11.4 Å². The molecule has 3 aliphatic heterocycles. The van der Waals surface area contributed by atoms with Gasteiger partial charge in [0.25, 0.3) is 5.91 Å². The number of morpholine rings is 1. The lowest BCUT2D eigenvalue weighted by Gasteiger charge is -2.38. The Balaban J connectivity index is 1.38. The van der Waals surface area contributed by atoms with Gasteiger partial charge < -0.3 is 24.2 Å². The van der Waals surface area contributed by atoms with Crippen LogP contribution in [0.5, 0.6) is 5.75 Å². The fourth-order valence-corrected chi connectivity index (χ4v) is 5.22. The van der Waals surface area contributed by atoms with E-state index < -0.39 is 6.10 Å². The monoisotopic (exact) mass is 461 g/mol. The fourth-order valence-electron chi connectivity index (χ4n) is 5.22. The number of fused-ring (bicyclic) bond motifs is 2. The first-order valence-electron chi connectivity index (χ1n) is 11.8. The topological polar surface area (TPSA) is 62.3 Å². The highest BCUT2D eigenvalue weighted by molar-refractivity contribution is 5.96. The number of likely N-dealkylation sites (N-methyl/N-ethyl adjacent to an activating group) is 1.